The average Bonchev–Trinajstić information content (AvgIpc) is 3.03. The third kappa shape index (κ3) is 5.85. The summed E-state index contributed by atoms with van der Waals surface area (Å²) >= 11 is 3.52. The Kier molecular flexibility index (Phi) is 6.81. The van der Waals surface area contributed by atoms with Crippen molar-refractivity contribution in [2.45, 2.75) is 19.3 Å². The monoisotopic (exact) mass is 280 g/mol. The maximum atomic E-state index is 5.57. The molecule has 1 saturated carbocycles. The number of ether oxygens (including phenoxy) is 3. The van der Waals surface area contributed by atoms with Crippen LogP contribution in [0.25, 0.3) is 0 Å². The van der Waals surface area contributed by atoms with Gasteiger partial charge in [0.2, 0.25) is 0 Å². The lowest BCUT2D eigenvalue weighted by molar-refractivity contribution is 0.0268. The minimum absolute atomic E-state index is 0.454. The zero-order valence-electron chi connectivity index (χ0n) is 9.47. The highest BCUT2D eigenvalue weighted by Gasteiger charge is 2.41. The molecule has 0 saturated heterocycles. The molecule has 0 aromatic heterocycles. The van der Waals surface area contributed by atoms with Gasteiger partial charge in [-0.3, -0.25) is 0 Å². The highest BCUT2D eigenvalue weighted by molar-refractivity contribution is 9.09. The maximum Gasteiger partial charge on any atom is 0.0700 e. The first kappa shape index (κ1) is 13.4. The summed E-state index contributed by atoms with van der Waals surface area (Å²) in [6, 6.07) is 0. The summed E-state index contributed by atoms with van der Waals surface area (Å²) in [4.78, 5) is 0. The Morgan fingerprint density at radius 1 is 1.07 bits per heavy atom. The van der Waals surface area contributed by atoms with E-state index in [9.17, 15) is 0 Å². The third-order valence-corrected chi connectivity index (χ3v) is 3.85. The quantitative estimate of drug-likeness (QED) is 0.454. The molecule has 0 bridgehead atoms. The van der Waals surface area contributed by atoms with Crippen LogP contribution in [-0.2, 0) is 14.2 Å². The van der Waals surface area contributed by atoms with Crippen molar-refractivity contribution < 1.29 is 14.2 Å². The first-order valence-corrected chi connectivity index (χ1v) is 6.65. The Bertz CT molecular complexity index is 160. The molecule has 0 aromatic rings. The van der Waals surface area contributed by atoms with Crippen LogP contribution in [-0.4, -0.2) is 45.5 Å². The van der Waals surface area contributed by atoms with E-state index in [1.54, 1.807) is 7.11 Å². The summed E-state index contributed by atoms with van der Waals surface area (Å²) < 4.78 is 15.9. The van der Waals surface area contributed by atoms with Crippen LogP contribution < -0.4 is 0 Å². The fraction of sp³-hybridized carbons (Fsp3) is 1.00. The van der Waals surface area contributed by atoms with Crippen molar-refractivity contribution in [2.24, 2.45) is 5.41 Å². The second-order valence-electron chi connectivity index (χ2n) is 4.14. The summed E-state index contributed by atoms with van der Waals surface area (Å²) in [7, 11) is 1.71. The molecule has 0 radical (unpaired) electrons. The van der Waals surface area contributed by atoms with Crippen molar-refractivity contribution in [2.75, 3.05) is 45.5 Å². The molecule has 90 valence electrons. The zero-order valence-corrected chi connectivity index (χ0v) is 11.1. The van der Waals surface area contributed by atoms with Gasteiger partial charge in [-0.1, -0.05) is 15.9 Å². The second-order valence-corrected chi connectivity index (χ2v) is 4.71. The van der Waals surface area contributed by atoms with Gasteiger partial charge in [-0.25, -0.2) is 0 Å². The van der Waals surface area contributed by atoms with Crippen LogP contribution in [0, 0.1) is 5.41 Å². The summed E-state index contributed by atoms with van der Waals surface area (Å²) in [5, 5.41) is 1.06. The van der Waals surface area contributed by atoms with E-state index >= 15 is 0 Å². The lowest BCUT2D eigenvalue weighted by atomic mass is 10.2. The first-order chi connectivity index (χ1) is 7.33. The van der Waals surface area contributed by atoms with Crippen LogP contribution in [0.5, 0.6) is 0 Å². The molecule has 3 nitrogen and oxygen atoms in total. The van der Waals surface area contributed by atoms with Crippen molar-refractivity contribution >= 4 is 15.9 Å². The second kappa shape index (κ2) is 7.60. The van der Waals surface area contributed by atoms with E-state index in [1.165, 1.54) is 12.8 Å². The molecule has 4 heteroatoms. The van der Waals surface area contributed by atoms with Crippen molar-refractivity contribution in [1.29, 1.82) is 0 Å². The highest BCUT2D eigenvalue weighted by atomic mass is 79.9. The Hall–Kier alpha value is 0.360. The summed E-state index contributed by atoms with van der Waals surface area (Å²) in [6.45, 7) is 3.82. The Labute approximate surface area is 101 Å². The summed E-state index contributed by atoms with van der Waals surface area (Å²) in [5.41, 5.74) is 0.454. The van der Waals surface area contributed by atoms with Gasteiger partial charge in [0.1, 0.15) is 0 Å². The van der Waals surface area contributed by atoms with E-state index in [4.69, 9.17) is 14.2 Å². The van der Waals surface area contributed by atoms with E-state index < -0.39 is 0 Å². The van der Waals surface area contributed by atoms with Gasteiger partial charge in [-0.15, -0.1) is 0 Å². The van der Waals surface area contributed by atoms with Crippen molar-refractivity contribution in [3.8, 4) is 0 Å². The van der Waals surface area contributed by atoms with Crippen LogP contribution in [0.2, 0.25) is 0 Å². The van der Waals surface area contributed by atoms with Gasteiger partial charge in [0.15, 0.2) is 0 Å². The van der Waals surface area contributed by atoms with Crippen molar-refractivity contribution in [3.63, 3.8) is 0 Å². The number of hydrogen-bond donors (Lipinski definition) is 0. The highest BCUT2D eigenvalue weighted by Crippen LogP contribution is 2.47. The number of alkyl halides is 1. The topological polar surface area (TPSA) is 27.7 Å². The van der Waals surface area contributed by atoms with E-state index in [2.05, 4.69) is 15.9 Å². The number of hydrogen-bond acceptors (Lipinski definition) is 3. The molecule has 1 aliphatic rings. The van der Waals surface area contributed by atoms with Gasteiger partial charge >= 0.3 is 0 Å². The number of methoxy groups -OCH3 is 1. The third-order valence-electron chi connectivity index (χ3n) is 2.66. The van der Waals surface area contributed by atoms with Gasteiger partial charge < -0.3 is 14.2 Å². The molecule has 0 amide bonds. The van der Waals surface area contributed by atoms with Gasteiger partial charge in [0.25, 0.3) is 0 Å². The first-order valence-electron chi connectivity index (χ1n) is 5.53. The van der Waals surface area contributed by atoms with Crippen LogP contribution in [0.3, 0.4) is 0 Å². The SMILES string of the molecule is COCCCOCCOCC1(CBr)CC1. The van der Waals surface area contributed by atoms with E-state index in [0.717, 1.165) is 31.6 Å². The predicted octanol–water partition coefficient (Wildman–Crippen LogP) is 2.23. The molecular formula is C11H21BrO3. The zero-order chi connectivity index (χ0) is 11.0. The minimum atomic E-state index is 0.454. The largest absolute Gasteiger partial charge is 0.385 e. The van der Waals surface area contributed by atoms with Crippen LogP contribution in [0.1, 0.15) is 19.3 Å². The van der Waals surface area contributed by atoms with E-state index in [1.807, 2.05) is 0 Å². The minimum Gasteiger partial charge on any atom is -0.385 e. The van der Waals surface area contributed by atoms with Gasteiger partial charge in [-0.05, 0) is 19.3 Å². The molecule has 0 aliphatic heterocycles. The van der Waals surface area contributed by atoms with Crippen molar-refractivity contribution in [3.05, 3.63) is 0 Å². The molecule has 0 unspecified atom stereocenters. The lowest BCUT2D eigenvalue weighted by Gasteiger charge is -2.11. The summed E-state index contributed by atoms with van der Waals surface area (Å²) in [5.74, 6) is 0. The molecule has 0 spiro atoms. The Morgan fingerprint density at radius 2 is 1.80 bits per heavy atom. The summed E-state index contributed by atoms with van der Waals surface area (Å²) in [6.07, 6.45) is 3.56. The normalized spacial score (nSPS) is 18.0. The molecule has 1 rings (SSSR count). The molecule has 0 heterocycles. The molecule has 1 aliphatic carbocycles. The fourth-order valence-corrected chi connectivity index (χ4v) is 2.03. The Balaban J connectivity index is 1.77. The van der Waals surface area contributed by atoms with Crippen molar-refractivity contribution in [1.82, 2.24) is 0 Å². The molecule has 15 heavy (non-hydrogen) atoms. The smallest absolute Gasteiger partial charge is 0.0700 e. The van der Waals surface area contributed by atoms with E-state index in [0.29, 0.717) is 18.6 Å². The number of rotatable bonds is 10. The molecule has 0 aromatic carbocycles. The van der Waals surface area contributed by atoms with Crippen LogP contribution >= 0.6 is 15.9 Å². The molecule has 0 atom stereocenters. The average molecular weight is 281 g/mol. The van der Waals surface area contributed by atoms with Gasteiger partial charge in [0.05, 0.1) is 19.8 Å². The van der Waals surface area contributed by atoms with Gasteiger partial charge in [0, 0.05) is 31.1 Å². The maximum absolute atomic E-state index is 5.57. The predicted molar refractivity (Wildman–Crippen MR) is 63.6 cm³/mol. The molecule has 0 N–H and O–H groups in total. The Morgan fingerprint density at radius 3 is 2.40 bits per heavy atom. The van der Waals surface area contributed by atoms with Crippen LogP contribution in [0.4, 0.5) is 0 Å². The standard InChI is InChI=1S/C11H21BrO3/c1-13-5-2-6-14-7-8-15-10-11(9-12)3-4-11/h2-10H2,1H3. The molecular weight excluding hydrogens is 260 g/mol. The van der Waals surface area contributed by atoms with E-state index in [-0.39, 0.29) is 0 Å². The van der Waals surface area contributed by atoms with Crippen LogP contribution in [0.15, 0.2) is 0 Å². The van der Waals surface area contributed by atoms with Gasteiger partial charge in [-0.2, -0.15) is 0 Å². The molecule has 1 fully saturated rings. The number of halogens is 1. The lowest BCUT2D eigenvalue weighted by Crippen LogP contribution is -2.15. The fourth-order valence-electron chi connectivity index (χ4n) is 1.31.